The van der Waals surface area contributed by atoms with E-state index in [9.17, 15) is 4.79 Å². The predicted molar refractivity (Wildman–Crippen MR) is 85.3 cm³/mol. The van der Waals surface area contributed by atoms with Gasteiger partial charge in [0.25, 0.3) is 0 Å². The van der Waals surface area contributed by atoms with Crippen molar-refractivity contribution in [2.45, 2.75) is 12.3 Å². The molecule has 102 valence electrons. The van der Waals surface area contributed by atoms with Crippen molar-refractivity contribution in [3.63, 3.8) is 0 Å². The van der Waals surface area contributed by atoms with Gasteiger partial charge in [-0.15, -0.1) is 11.8 Å². The lowest BCUT2D eigenvalue weighted by atomic mass is 10.1. The van der Waals surface area contributed by atoms with E-state index in [0.29, 0.717) is 10.8 Å². The standard InChI is InChI=1S/C16H14ClNOS/c1-11-7-8-13(9-14(11)17)18-15(19)10-20-16(18)12-5-3-2-4-6-12/h2-9,16H,10H2,1H3. The van der Waals surface area contributed by atoms with Gasteiger partial charge in [-0.05, 0) is 30.2 Å². The molecule has 1 heterocycles. The minimum Gasteiger partial charge on any atom is -0.295 e. The van der Waals surface area contributed by atoms with E-state index in [0.717, 1.165) is 16.8 Å². The Balaban J connectivity index is 2.00. The summed E-state index contributed by atoms with van der Waals surface area (Å²) in [6.07, 6.45) is 0. The molecule has 0 radical (unpaired) electrons. The Hall–Kier alpha value is -1.45. The van der Waals surface area contributed by atoms with E-state index >= 15 is 0 Å². The summed E-state index contributed by atoms with van der Waals surface area (Å²) in [7, 11) is 0. The van der Waals surface area contributed by atoms with Crippen LogP contribution in [0.5, 0.6) is 0 Å². The molecule has 2 nitrogen and oxygen atoms in total. The minimum absolute atomic E-state index is 0.0301. The van der Waals surface area contributed by atoms with Crippen LogP contribution in [-0.2, 0) is 4.79 Å². The van der Waals surface area contributed by atoms with Crippen molar-refractivity contribution in [2.75, 3.05) is 10.7 Å². The molecule has 1 amide bonds. The number of benzene rings is 2. The highest BCUT2D eigenvalue weighted by Crippen LogP contribution is 2.42. The van der Waals surface area contributed by atoms with E-state index in [4.69, 9.17) is 11.6 Å². The van der Waals surface area contributed by atoms with Crippen LogP contribution in [0.1, 0.15) is 16.5 Å². The predicted octanol–water partition coefficient (Wildman–Crippen LogP) is 4.43. The number of amides is 1. The third-order valence-electron chi connectivity index (χ3n) is 3.39. The molecule has 1 fully saturated rings. The van der Waals surface area contributed by atoms with Crippen LogP contribution in [0.25, 0.3) is 0 Å². The van der Waals surface area contributed by atoms with Crippen molar-refractivity contribution in [1.82, 2.24) is 0 Å². The molecular weight excluding hydrogens is 290 g/mol. The Kier molecular flexibility index (Phi) is 3.72. The average molecular weight is 304 g/mol. The third kappa shape index (κ3) is 2.43. The summed E-state index contributed by atoms with van der Waals surface area (Å²) in [5.41, 5.74) is 3.02. The molecule has 1 aliphatic rings. The van der Waals surface area contributed by atoms with Crippen LogP contribution >= 0.6 is 23.4 Å². The van der Waals surface area contributed by atoms with Crippen molar-refractivity contribution >= 4 is 35.0 Å². The fourth-order valence-corrected chi connectivity index (χ4v) is 3.65. The topological polar surface area (TPSA) is 20.3 Å². The zero-order chi connectivity index (χ0) is 14.1. The van der Waals surface area contributed by atoms with Gasteiger partial charge < -0.3 is 0 Å². The maximum absolute atomic E-state index is 12.2. The minimum atomic E-state index is 0.0301. The monoisotopic (exact) mass is 303 g/mol. The zero-order valence-corrected chi connectivity index (χ0v) is 12.6. The number of carbonyl (C=O) groups is 1. The number of thioether (sulfide) groups is 1. The first-order valence-corrected chi connectivity index (χ1v) is 7.84. The van der Waals surface area contributed by atoms with E-state index in [2.05, 4.69) is 12.1 Å². The molecule has 20 heavy (non-hydrogen) atoms. The van der Waals surface area contributed by atoms with Crippen LogP contribution in [0.2, 0.25) is 5.02 Å². The number of anilines is 1. The zero-order valence-electron chi connectivity index (χ0n) is 11.0. The average Bonchev–Trinajstić information content (AvgIpc) is 2.85. The van der Waals surface area contributed by atoms with Crippen LogP contribution in [0.3, 0.4) is 0 Å². The summed E-state index contributed by atoms with van der Waals surface area (Å²) in [6, 6.07) is 15.9. The van der Waals surface area contributed by atoms with Crippen LogP contribution < -0.4 is 4.90 Å². The summed E-state index contributed by atoms with van der Waals surface area (Å²) < 4.78 is 0. The molecule has 1 atom stereocenters. The van der Waals surface area contributed by atoms with Crippen LogP contribution in [0, 0.1) is 6.92 Å². The molecule has 3 rings (SSSR count). The van der Waals surface area contributed by atoms with Gasteiger partial charge in [0.05, 0.1) is 5.75 Å². The molecule has 4 heteroatoms. The quantitative estimate of drug-likeness (QED) is 0.818. The smallest absolute Gasteiger partial charge is 0.238 e. The highest BCUT2D eigenvalue weighted by Gasteiger charge is 2.33. The van der Waals surface area contributed by atoms with Crippen molar-refractivity contribution in [1.29, 1.82) is 0 Å². The lowest BCUT2D eigenvalue weighted by Gasteiger charge is -2.24. The Morgan fingerprint density at radius 3 is 2.65 bits per heavy atom. The summed E-state index contributed by atoms with van der Waals surface area (Å²) in [6.45, 7) is 1.96. The van der Waals surface area contributed by atoms with Gasteiger partial charge in [0.2, 0.25) is 5.91 Å². The second-order valence-corrected chi connectivity index (χ2v) is 6.25. The maximum atomic E-state index is 12.2. The number of rotatable bonds is 2. The Morgan fingerprint density at radius 2 is 1.95 bits per heavy atom. The molecule has 1 aliphatic heterocycles. The van der Waals surface area contributed by atoms with Crippen LogP contribution in [0.15, 0.2) is 48.5 Å². The maximum Gasteiger partial charge on any atom is 0.238 e. The van der Waals surface area contributed by atoms with Crippen LogP contribution in [-0.4, -0.2) is 11.7 Å². The highest BCUT2D eigenvalue weighted by molar-refractivity contribution is 8.00. The van der Waals surface area contributed by atoms with Crippen molar-refractivity contribution in [2.24, 2.45) is 0 Å². The summed E-state index contributed by atoms with van der Waals surface area (Å²) >= 11 is 7.84. The number of nitrogens with zero attached hydrogens (tertiary/aromatic N) is 1. The van der Waals surface area contributed by atoms with E-state index in [-0.39, 0.29) is 11.3 Å². The van der Waals surface area contributed by atoms with E-state index in [1.54, 1.807) is 11.8 Å². The molecule has 0 spiro atoms. The third-order valence-corrected chi connectivity index (χ3v) is 5.01. The number of hydrogen-bond donors (Lipinski definition) is 0. The van der Waals surface area contributed by atoms with E-state index in [1.165, 1.54) is 0 Å². The number of carbonyl (C=O) groups excluding carboxylic acids is 1. The molecule has 0 bridgehead atoms. The largest absolute Gasteiger partial charge is 0.295 e. The molecule has 1 saturated heterocycles. The Morgan fingerprint density at radius 1 is 1.20 bits per heavy atom. The first kappa shape index (κ1) is 13.5. The number of halogens is 1. The SMILES string of the molecule is Cc1ccc(N2C(=O)CSC2c2ccccc2)cc1Cl. The Bertz CT molecular complexity index is 644. The van der Waals surface area contributed by atoms with Crippen molar-refractivity contribution < 1.29 is 4.79 Å². The fourth-order valence-electron chi connectivity index (χ4n) is 2.30. The van der Waals surface area contributed by atoms with Gasteiger partial charge in [-0.3, -0.25) is 9.69 Å². The normalized spacial score (nSPS) is 18.6. The van der Waals surface area contributed by atoms with Gasteiger partial charge in [-0.25, -0.2) is 0 Å². The number of hydrogen-bond acceptors (Lipinski definition) is 2. The molecule has 0 aromatic heterocycles. The lowest BCUT2D eigenvalue weighted by Crippen LogP contribution is -2.27. The second kappa shape index (κ2) is 5.51. The van der Waals surface area contributed by atoms with Gasteiger partial charge in [0.15, 0.2) is 0 Å². The molecule has 0 N–H and O–H groups in total. The van der Waals surface area contributed by atoms with Gasteiger partial charge >= 0.3 is 0 Å². The lowest BCUT2D eigenvalue weighted by molar-refractivity contribution is -0.115. The number of aryl methyl sites for hydroxylation is 1. The molecule has 0 aliphatic carbocycles. The summed E-state index contributed by atoms with van der Waals surface area (Å²) in [4.78, 5) is 14.1. The molecule has 2 aromatic rings. The van der Waals surface area contributed by atoms with Crippen LogP contribution in [0.4, 0.5) is 5.69 Å². The summed E-state index contributed by atoms with van der Waals surface area (Å²) in [5.74, 6) is 0.634. The Labute approximate surface area is 127 Å². The van der Waals surface area contributed by atoms with E-state index in [1.807, 2.05) is 48.2 Å². The van der Waals surface area contributed by atoms with Crippen molar-refractivity contribution in [3.8, 4) is 0 Å². The molecule has 1 unspecified atom stereocenters. The van der Waals surface area contributed by atoms with Gasteiger partial charge in [0.1, 0.15) is 5.37 Å². The van der Waals surface area contributed by atoms with E-state index < -0.39 is 0 Å². The summed E-state index contributed by atoms with van der Waals surface area (Å²) in [5, 5.41) is 0.724. The first-order valence-electron chi connectivity index (χ1n) is 6.41. The van der Waals surface area contributed by atoms with Gasteiger partial charge in [0, 0.05) is 10.7 Å². The molecule has 2 aromatic carbocycles. The molecular formula is C16H14ClNOS. The first-order chi connectivity index (χ1) is 9.66. The van der Waals surface area contributed by atoms with Crippen molar-refractivity contribution in [3.05, 3.63) is 64.7 Å². The molecule has 0 saturated carbocycles. The van der Waals surface area contributed by atoms with Gasteiger partial charge in [-0.1, -0.05) is 48.0 Å². The van der Waals surface area contributed by atoms with Gasteiger partial charge in [-0.2, -0.15) is 0 Å². The second-order valence-electron chi connectivity index (χ2n) is 4.77. The highest BCUT2D eigenvalue weighted by atomic mass is 35.5. The fraction of sp³-hybridized carbons (Fsp3) is 0.188.